The van der Waals surface area contributed by atoms with E-state index in [0.29, 0.717) is 17.7 Å². The molecule has 3 aromatic rings. The minimum absolute atomic E-state index is 0.102. The summed E-state index contributed by atoms with van der Waals surface area (Å²) in [4.78, 5) is 24.9. The van der Waals surface area contributed by atoms with Crippen LogP contribution in [0.25, 0.3) is 0 Å². The Balaban J connectivity index is 1.37. The molecule has 0 aromatic heterocycles. The summed E-state index contributed by atoms with van der Waals surface area (Å²) in [7, 11) is 0. The third-order valence-corrected chi connectivity index (χ3v) is 5.00. The van der Waals surface area contributed by atoms with Crippen molar-refractivity contribution >= 4 is 17.5 Å². The summed E-state index contributed by atoms with van der Waals surface area (Å²) in [6.45, 7) is 0. The number of fused-ring (bicyclic) bond motifs is 1. The number of rotatable bonds is 5. The SMILES string of the molecule is O=C(Cc1ccccc1)Nc1cccc(C(=O)NC2Cc3ccccc3C2)c1. The summed E-state index contributed by atoms with van der Waals surface area (Å²) in [6, 6.07) is 25.1. The van der Waals surface area contributed by atoms with Crippen molar-refractivity contribution in [2.24, 2.45) is 0 Å². The predicted molar refractivity (Wildman–Crippen MR) is 110 cm³/mol. The number of hydrogen-bond acceptors (Lipinski definition) is 2. The fourth-order valence-electron chi connectivity index (χ4n) is 3.65. The van der Waals surface area contributed by atoms with Gasteiger partial charge in [0.25, 0.3) is 5.91 Å². The van der Waals surface area contributed by atoms with Gasteiger partial charge in [0.15, 0.2) is 0 Å². The lowest BCUT2D eigenvalue weighted by molar-refractivity contribution is -0.115. The zero-order valence-electron chi connectivity index (χ0n) is 15.5. The van der Waals surface area contributed by atoms with E-state index in [2.05, 4.69) is 22.8 Å². The number of nitrogens with one attached hydrogen (secondary N) is 2. The minimum atomic E-state index is -0.114. The van der Waals surface area contributed by atoms with Gasteiger partial charge in [0, 0.05) is 17.3 Å². The quantitative estimate of drug-likeness (QED) is 0.718. The maximum Gasteiger partial charge on any atom is 0.251 e. The lowest BCUT2D eigenvalue weighted by atomic mass is 10.1. The van der Waals surface area contributed by atoms with Crippen LogP contribution in [0.15, 0.2) is 78.9 Å². The average molecular weight is 370 g/mol. The van der Waals surface area contributed by atoms with Crippen molar-refractivity contribution in [1.82, 2.24) is 5.32 Å². The molecule has 0 spiro atoms. The number of anilines is 1. The summed E-state index contributed by atoms with van der Waals surface area (Å²) >= 11 is 0. The van der Waals surface area contributed by atoms with Crippen LogP contribution < -0.4 is 10.6 Å². The Morgan fingerprint density at radius 2 is 1.50 bits per heavy atom. The monoisotopic (exact) mass is 370 g/mol. The lowest BCUT2D eigenvalue weighted by Crippen LogP contribution is -2.35. The predicted octanol–water partition coefficient (Wildman–Crippen LogP) is 3.77. The first-order valence-electron chi connectivity index (χ1n) is 9.49. The van der Waals surface area contributed by atoms with Crippen molar-refractivity contribution in [3.05, 3.63) is 101 Å². The highest BCUT2D eigenvalue weighted by atomic mass is 16.2. The van der Waals surface area contributed by atoms with Gasteiger partial charge in [0.05, 0.1) is 6.42 Å². The van der Waals surface area contributed by atoms with Crippen molar-refractivity contribution in [2.45, 2.75) is 25.3 Å². The van der Waals surface area contributed by atoms with E-state index in [0.717, 1.165) is 18.4 Å². The molecule has 0 fully saturated rings. The molecule has 2 N–H and O–H groups in total. The van der Waals surface area contributed by atoms with Crippen LogP contribution in [-0.4, -0.2) is 17.9 Å². The van der Waals surface area contributed by atoms with E-state index in [1.807, 2.05) is 42.5 Å². The van der Waals surface area contributed by atoms with Crippen LogP contribution in [0.2, 0.25) is 0 Å². The topological polar surface area (TPSA) is 58.2 Å². The molecule has 0 atom stereocenters. The number of carbonyl (C=O) groups is 2. The molecule has 4 nitrogen and oxygen atoms in total. The molecule has 28 heavy (non-hydrogen) atoms. The largest absolute Gasteiger partial charge is 0.349 e. The number of benzene rings is 3. The highest BCUT2D eigenvalue weighted by molar-refractivity contribution is 5.97. The third kappa shape index (κ3) is 4.29. The molecule has 2 amide bonds. The van der Waals surface area contributed by atoms with Crippen molar-refractivity contribution in [3.63, 3.8) is 0 Å². The van der Waals surface area contributed by atoms with Crippen LogP contribution in [0.5, 0.6) is 0 Å². The lowest BCUT2D eigenvalue weighted by Gasteiger charge is -2.13. The molecule has 0 heterocycles. The Kier molecular flexibility index (Phi) is 5.20. The fourth-order valence-corrected chi connectivity index (χ4v) is 3.65. The highest BCUT2D eigenvalue weighted by Crippen LogP contribution is 2.22. The van der Waals surface area contributed by atoms with Crippen molar-refractivity contribution < 1.29 is 9.59 Å². The van der Waals surface area contributed by atoms with E-state index in [1.54, 1.807) is 24.3 Å². The molecule has 0 radical (unpaired) electrons. The molecule has 140 valence electrons. The maximum atomic E-state index is 12.7. The first-order valence-corrected chi connectivity index (χ1v) is 9.49. The second kappa shape index (κ2) is 8.09. The molecule has 3 aromatic carbocycles. The van der Waals surface area contributed by atoms with Gasteiger partial charge in [-0.25, -0.2) is 0 Å². The Hall–Kier alpha value is -3.40. The van der Waals surface area contributed by atoms with Gasteiger partial charge >= 0.3 is 0 Å². The van der Waals surface area contributed by atoms with Crippen LogP contribution >= 0.6 is 0 Å². The van der Waals surface area contributed by atoms with Gasteiger partial charge in [-0.2, -0.15) is 0 Å². The van der Waals surface area contributed by atoms with Gasteiger partial charge in [-0.3, -0.25) is 9.59 Å². The first kappa shape index (κ1) is 18.0. The summed E-state index contributed by atoms with van der Waals surface area (Å²) in [5, 5.41) is 5.99. The van der Waals surface area contributed by atoms with E-state index in [-0.39, 0.29) is 17.9 Å². The molecule has 1 aliphatic carbocycles. The van der Waals surface area contributed by atoms with E-state index in [4.69, 9.17) is 0 Å². The van der Waals surface area contributed by atoms with E-state index in [9.17, 15) is 9.59 Å². The number of carbonyl (C=O) groups excluding carboxylic acids is 2. The first-order chi connectivity index (χ1) is 13.7. The van der Waals surface area contributed by atoms with Crippen molar-refractivity contribution in [3.8, 4) is 0 Å². The number of amides is 2. The van der Waals surface area contributed by atoms with E-state index in [1.165, 1.54) is 11.1 Å². The van der Waals surface area contributed by atoms with Crippen molar-refractivity contribution in [2.75, 3.05) is 5.32 Å². The Morgan fingerprint density at radius 3 is 2.21 bits per heavy atom. The van der Waals surface area contributed by atoms with Crippen LogP contribution in [0.1, 0.15) is 27.0 Å². The third-order valence-electron chi connectivity index (χ3n) is 5.00. The smallest absolute Gasteiger partial charge is 0.251 e. The fraction of sp³-hybridized carbons (Fsp3) is 0.167. The minimum Gasteiger partial charge on any atom is -0.349 e. The van der Waals surface area contributed by atoms with Gasteiger partial charge in [-0.1, -0.05) is 60.7 Å². The maximum absolute atomic E-state index is 12.7. The Bertz CT molecular complexity index is 973. The van der Waals surface area contributed by atoms with Gasteiger partial charge < -0.3 is 10.6 Å². The van der Waals surface area contributed by atoms with Crippen LogP contribution in [0.4, 0.5) is 5.69 Å². The van der Waals surface area contributed by atoms with E-state index < -0.39 is 0 Å². The highest BCUT2D eigenvalue weighted by Gasteiger charge is 2.22. The van der Waals surface area contributed by atoms with Crippen LogP contribution in [0.3, 0.4) is 0 Å². The second-order valence-corrected chi connectivity index (χ2v) is 7.14. The van der Waals surface area contributed by atoms with Gasteiger partial charge in [0.1, 0.15) is 0 Å². The normalized spacial score (nSPS) is 13.0. The zero-order chi connectivity index (χ0) is 19.3. The second-order valence-electron chi connectivity index (χ2n) is 7.14. The molecule has 0 bridgehead atoms. The summed E-state index contributed by atoms with van der Waals surface area (Å²) in [6.07, 6.45) is 2.02. The molecule has 0 saturated carbocycles. The molecular formula is C24H22N2O2. The molecule has 0 aliphatic heterocycles. The molecular weight excluding hydrogens is 348 g/mol. The Morgan fingerprint density at radius 1 is 0.821 bits per heavy atom. The summed E-state index contributed by atoms with van der Waals surface area (Å²) in [5.41, 5.74) is 4.73. The summed E-state index contributed by atoms with van der Waals surface area (Å²) in [5.74, 6) is -0.216. The summed E-state index contributed by atoms with van der Waals surface area (Å²) < 4.78 is 0. The van der Waals surface area contributed by atoms with Crippen LogP contribution in [0, 0.1) is 0 Å². The van der Waals surface area contributed by atoms with Crippen molar-refractivity contribution in [1.29, 1.82) is 0 Å². The zero-order valence-corrected chi connectivity index (χ0v) is 15.5. The van der Waals surface area contributed by atoms with E-state index >= 15 is 0 Å². The van der Waals surface area contributed by atoms with Gasteiger partial charge in [-0.05, 0) is 47.7 Å². The molecule has 1 aliphatic rings. The molecule has 0 unspecified atom stereocenters. The molecule has 4 heteroatoms. The molecule has 0 saturated heterocycles. The standard InChI is InChI=1S/C24H22N2O2/c27-23(13-17-7-2-1-3-8-17)25-21-12-6-11-20(16-21)24(28)26-22-14-18-9-4-5-10-19(18)15-22/h1-12,16,22H,13-15H2,(H,25,27)(H,26,28). The van der Waals surface area contributed by atoms with Gasteiger partial charge in [0.2, 0.25) is 5.91 Å². The molecule has 4 rings (SSSR count). The van der Waals surface area contributed by atoms with Crippen LogP contribution in [-0.2, 0) is 24.1 Å². The Labute approximate surface area is 164 Å². The number of hydrogen-bond donors (Lipinski definition) is 2. The van der Waals surface area contributed by atoms with Gasteiger partial charge in [-0.15, -0.1) is 0 Å². The average Bonchev–Trinajstić information content (AvgIpc) is 3.11.